The fourth-order valence-corrected chi connectivity index (χ4v) is 9.63. The molecule has 0 heterocycles. The van der Waals surface area contributed by atoms with Gasteiger partial charge in [-0.1, -0.05) is 73.5 Å². The van der Waals surface area contributed by atoms with Gasteiger partial charge in [0.1, 0.15) is 0 Å². The summed E-state index contributed by atoms with van der Waals surface area (Å²) in [6, 6.07) is 0. The van der Waals surface area contributed by atoms with E-state index in [0.717, 1.165) is 59.8 Å². The maximum absolute atomic E-state index is 10.4. The Morgan fingerprint density at radius 1 is 1.03 bits per heavy atom. The zero-order valence-electron chi connectivity index (χ0n) is 22.8. The third-order valence-electron chi connectivity index (χ3n) is 11.7. The molecule has 1 nitrogen and oxygen atoms in total. The second-order valence-electron chi connectivity index (χ2n) is 13.8. The highest BCUT2D eigenvalue weighted by molar-refractivity contribution is 5.34. The SMILES string of the molecule is C=C(C1=CCC2(C)C3CCC4(C)C(C(C)CCCC(C)C)CCC4C3CC[C@H]2C1)C(O)CC. The maximum Gasteiger partial charge on any atom is 0.0784 e. The Morgan fingerprint density at radius 2 is 1.76 bits per heavy atom. The lowest BCUT2D eigenvalue weighted by Gasteiger charge is -2.60. The number of fused-ring (bicyclic) bond motifs is 5. The summed E-state index contributed by atoms with van der Waals surface area (Å²) in [7, 11) is 0. The Bertz CT molecular complexity index is 733. The van der Waals surface area contributed by atoms with Crippen LogP contribution in [0.4, 0.5) is 0 Å². The molecular formula is C32H54O. The minimum atomic E-state index is -0.356. The average molecular weight is 455 g/mol. The van der Waals surface area contributed by atoms with Crippen molar-refractivity contribution in [3.8, 4) is 0 Å². The molecule has 0 bridgehead atoms. The van der Waals surface area contributed by atoms with Gasteiger partial charge in [-0.25, -0.2) is 0 Å². The van der Waals surface area contributed by atoms with Gasteiger partial charge in [-0.2, -0.15) is 0 Å². The Balaban J connectivity index is 1.46. The molecule has 0 saturated heterocycles. The van der Waals surface area contributed by atoms with Gasteiger partial charge in [0.05, 0.1) is 6.10 Å². The molecule has 188 valence electrons. The van der Waals surface area contributed by atoms with E-state index in [1.165, 1.54) is 69.8 Å². The van der Waals surface area contributed by atoms with Gasteiger partial charge >= 0.3 is 0 Å². The molecule has 4 aliphatic rings. The molecule has 9 atom stereocenters. The molecule has 3 fully saturated rings. The van der Waals surface area contributed by atoms with Gasteiger partial charge in [-0.3, -0.25) is 0 Å². The second kappa shape index (κ2) is 9.83. The van der Waals surface area contributed by atoms with Crippen molar-refractivity contribution >= 4 is 0 Å². The summed E-state index contributed by atoms with van der Waals surface area (Å²) in [5, 5.41) is 10.4. The van der Waals surface area contributed by atoms with Crippen molar-refractivity contribution < 1.29 is 5.11 Å². The van der Waals surface area contributed by atoms with Crippen molar-refractivity contribution in [2.24, 2.45) is 52.3 Å². The van der Waals surface area contributed by atoms with Gasteiger partial charge in [0.25, 0.3) is 0 Å². The molecule has 1 N–H and O–H groups in total. The first kappa shape index (κ1) is 25.5. The summed E-state index contributed by atoms with van der Waals surface area (Å²) >= 11 is 0. The fourth-order valence-electron chi connectivity index (χ4n) is 9.63. The molecule has 0 amide bonds. The van der Waals surface area contributed by atoms with E-state index in [2.05, 4.69) is 54.2 Å². The number of aliphatic hydroxyl groups excluding tert-OH is 1. The predicted octanol–water partition coefficient (Wildman–Crippen LogP) is 8.97. The molecule has 4 aliphatic carbocycles. The van der Waals surface area contributed by atoms with E-state index in [0.29, 0.717) is 10.8 Å². The lowest BCUT2D eigenvalue weighted by molar-refractivity contribution is -0.101. The van der Waals surface area contributed by atoms with E-state index in [1.807, 2.05) is 0 Å². The third kappa shape index (κ3) is 4.54. The molecule has 33 heavy (non-hydrogen) atoms. The summed E-state index contributed by atoms with van der Waals surface area (Å²) in [5.74, 6) is 6.33. The molecule has 0 aliphatic heterocycles. The Labute approximate surface area is 205 Å². The Morgan fingerprint density at radius 3 is 2.45 bits per heavy atom. The standard InChI is InChI=1S/C32H54O/c1-8-30(33)23(5)24-16-18-31(6)25(20-24)12-13-26-28-15-14-27(22(4)11-9-10-21(2)3)32(28,7)19-17-29(26)31/h16,21-22,25-30,33H,5,8-15,17-20H2,1-4,6-7H3/t22?,25-,26?,27?,28?,29?,30?,31?,32?/m0/s1. The van der Waals surface area contributed by atoms with E-state index in [9.17, 15) is 5.11 Å². The van der Waals surface area contributed by atoms with Crippen molar-refractivity contribution in [1.82, 2.24) is 0 Å². The maximum atomic E-state index is 10.4. The van der Waals surface area contributed by atoms with Gasteiger partial charge in [-0.05, 0) is 121 Å². The zero-order chi connectivity index (χ0) is 24.0. The highest BCUT2D eigenvalue weighted by atomic mass is 16.3. The van der Waals surface area contributed by atoms with Crippen LogP contribution in [0.25, 0.3) is 0 Å². The second-order valence-corrected chi connectivity index (χ2v) is 13.8. The van der Waals surface area contributed by atoms with Gasteiger partial charge in [0.2, 0.25) is 0 Å². The van der Waals surface area contributed by atoms with Crippen molar-refractivity contribution in [3.63, 3.8) is 0 Å². The van der Waals surface area contributed by atoms with Crippen LogP contribution in [0.1, 0.15) is 119 Å². The molecule has 8 unspecified atom stereocenters. The predicted molar refractivity (Wildman–Crippen MR) is 142 cm³/mol. The largest absolute Gasteiger partial charge is 0.388 e. The Hall–Kier alpha value is -0.560. The minimum Gasteiger partial charge on any atom is -0.388 e. The van der Waals surface area contributed by atoms with Crippen LogP contribution >= 0.6 is 0 Å². The molecule has 0 aromatic rings. The van der Waals surface area contributed by atoms with Crippen LogP contribution in [0.3, 0.4) is 0 Å². The van der Waals surface area contributed by atoms with Crippen LogP contribution in [0.15, 0.2) is 23.8 Å². The number of hydrogen-bond donors (Lipinski definition) is 1. The van der Waals surface area contributed by atoms with Crippen LogP contribution in [-0.2, 0) is 0 Å². The normalized spacial score (nSPS) is 42.2. The Kier molecular flexibility index (Phi) is 7.60. The van der Waals surface area contributed by atoms with Crippen LogP contribution in [-0.4, -0.2) is 11.2 Å². The van der Waals surface area contributed by atoms with E-state index in [1.54, 1.807) is 0 Å². The van der Waals surface area contributed by atoms with Crippen LogP contribution in [0, 0.1) is 52.3 Å². The molecule has 3 saturated carbocycles. The molecule has 1 heteroatoms. The molecule has 0 spiro atoms. The first-order valence-electron chi connectivity index (χ1n) is 14.7. The molecule has 0 aromatic heterocycles. The van der Waals surface area contributed by atoms with Crippen molar-refractivity contribution in [2.75, 3.05) is 0 Å². The van der Waals surface area contributed by atoms with E-state index < -0.39 is 0 Å². The number of aliphatic hydroxyl groups is 1. The van der Waals surface area contributed by atoms with Gasteiger partial charge < -0.3 is 5.11 Å². The van der Waals surface area contributed by atoms with Gasteiger partial charge in [0.15, 0.2) is 0 Å². The number of allylic oxidation sites excluding steroid dienone is 1. The van der Waals surface area contributed by atoms with Gasteiger partial charge in [0, 0.05) is 0 Å². The van der Waals surface area contributed by atoms with Crippen molar-refractivity contribution in [3.05, 3.63) is 23.8 Å². The molecular weight excluding hydrogens is 400 g/mol. The summed E-state index contributed by atoms with van der Waals surface area (Å²) < 4.78 is 0. The summed E-state index contributed by atoms with van der Waals surface area (Å²) in [6.45, 7) is 19.0. The summed E-state index contributed by atoms with van der Waals surface area (Å²) in [5.41, 5.74) is 3.44. The lowest BCUT2D eigenvalue weighted by atomic mass is 9.44. The lowest BCUT2D eigenvalue weighted by Crippen LogP contribution is -2.53. The van der Waals surface area contributed by atoms with Crippen molar-refractivity contribution in [2.45, 2.75) is 125 Å². The highest BCUT2D eigenvalue weighted by Gasteiger charge is 2.60. The molecule has 4 rings (SSSR count). The van der Waals surface area contributed by atoms with Crippen LogP contribution < -0.4 is 0 Å². The first-order chi connectivity index (χ1) is 15.6. The third-order valence-corrected chi connectivity index (χ3v) is 11.7. The summed E-state index contributed by atoms with van der Waals surface area (Å²) in [6.07, 6.45) is 18.3. The topological polar surface area (TPSA) is 20.2 Å². The molecule has 0 aromatic carbocycles. The van der Waals surface area contributed by atoms with Crippen LogP contribution in [0.2, 0.25) is 0 Å². The molecule has 0 radical (unpaired) electrons. The highest BCUT2D eigenvalue weighted by Crippen LogP contribution is 2.68. The zero-order valence-corrected chi connectivity index (χ0v) is 22.8. The van der Waals surface area contributed by atoms with Crippen LogP contribution in [0.5, 0.6) is 0 Å². The number of hydrogen-bond acceptors (Lipinski definition) is 1. The smallest absolute Gasteiger partial charge is 0.0784 e. The van der Waals surface area contributed by atoms with Gasteiger partial charge in [-0.15, -0.1) is 0 Å². The average Bonchev–Trinajstić information content (AvgIpc) is 3.14. The number of rotatable bonds is 8. The van der Waals surface area contributed by atoms with E-state index >= 15 is 0 Å². The monoisotopic (exact) mass is 454 g/mol. The minimum absolute atomic E-state index is 0.356. The summed E-state index contributed by atoms with van der Waals surface area (Å²) in [4.78, 5) is 0. The fraction of sp³-hybridized carbons (Fsp3) is 0.875. The van der Waals surface area contributed by atoms with E-state index in [-0.39, 0.29) is 6.10 Å². The first-order valence-corrected chi connectivity index (χ1v) is 14.7. The quantitative estimate of drug-likeness (QED) is 0.388. The van der Waals surface area contributed by atoms with Crippen molar-refractivity contribution in [1.29, 1.82) is 0 Å². The van der Waals surface area contributed by atoms with E-state index in [4.69, 9.17) is 0 Å².